The lowest BCUT2D eigenvalue weighted by Gasteiger charge is -2.06. The van der Waals surface area contributed by atoms with Crippen LogP contribution in [0.4, 0.5) is 0 Å². The number of rotatable bonds is 3. The summed E-state index contributed by atoms with van der Waals surface area (Å²) in [6, 6.07) is 11.0. The molecule has 0 amide bonds. The van der Waals surface area contributed by atoms with E-state index in [1.807, 2.05) is 0 Å². The van der Waals surface area contributed by atoms with Gasteiger partial charge in [0.25, 0.3) is 0 Å². The highest BCUT2D eigenvalue weighted by molar-refractivity contribution is 6.36. The van der Waals surface area contributed by atoms with E-state index in [0.717, 1.165) is 0 Å². The van der Waals surface area contributed by atoms with E-state index in [-0.39, 0.29) is 16.9 Å². The summed E-state index contributed by atoms with van der Waals surface area (Å²) in [5, 5.41) is 19.9. The number of carboxylic acid groups (broad SMARTS) is 1. The van der Waals surface area contributed by atoms with Gasteiger partial charge in [0.1, 0.15) is 5.75 Å². The molecule has 102 valence electrons. The molecule has 0 saturated carbocycles. The lowest BCUT2D eigenvalue weighted by atomic mass is 10.0. The Bertz CT molecular complexity index is 693. The van der Waals surface area contributed by atoms with Crippen LogP contribution in [0.3, 0.4) is 0 Å². The molecule has 2 aromatic rings. The van der Waals surface area contributed by atoms with Crippen molar-refractivity contribution in [3.05, 3.63) is 63.6 Å². The number of aromatic hydroxyl groups is 1. The van der Waals surface area contributed by atoms with Crippen molar-refractivity contribution in [1.29, 1.82) is 0 Å². The van der Waals surface area contributed by atoms with Crippen LogP contribution in [0, 0.1) is 0 Å². The third-order valence-corrected chi connectivity index (χ3v) is 3.25. The van der Waals surface area contributed by atoms with Crippen LogP contribution < -0.4 is 0 Å². The molecule has 0 unspecified atom stereocenters. The first-order chi connectivity index (χ1) is 9.49. The first kappa shape index (κ1) is 14.4. The van der Waals surface area contributed by atoms with Gasteiger partial charge in [-0.15, -0.1) is 0 Å². The van der Waals surface area contributed by atoms with Crippen LogP contribution in [-0.4, -0.2) is 16.2 Å². The molecule has 2 N–H and O–H groups in total. The smallest absolute Gasteiger partial charge is 0.336 e. The largest absolute Gasteiger partial charge is 0.507 e. The van der Waals surface area contributed by atoms with Gasteiger partial charge in [0.05, 0.1) is 5.57 Å². The zero-order chi connectivity index (χ0) is 14.7. The van der Waals surface area contributed by atoms with Crippen LogP contribution in [0.25, 0.3) is 11.6 Å². The van der Waals surface area contributed by atoms with Crippen LogP contribution >= 0.6 is 23.2 Å². The van der Waals surface area contributed by atoms with E-state index in [4.69, 9.17) is 23.2 Å². The number of aliphatic carboxylic acids is 1. The molecule has 0 atom stereocenters. The van der Waals surface area contributed by atoms with Gasteiger partial charge in [0, 0.05) is 15.6 Å². The number of carbonyl (C=O) groups is 1. The summed E-state index contributed by atoms with van der Waals surface area (Å²) in [4.78, 5) is 11.4. The average Bonchev–Trinajstić information content (AvgIpc) is 2.39. The highest BCUT2D eigenvalue weighted by Crippen LogP contribution is 2.29. The maximum absolute atomic E-state index is 11.4. The standard InChI is InChI=1S/C15H10Cl2O3/c16-10-6-5-9(13(17)8-10)7-12(15(19)20)11-3-1-2-4-14(11)18/h1-8,18H,(H,19,20)/b12-7-. The lowest BCUT2D eigenvalue weighted by molar-refractivity contribution is -0.130. The highest BCUT2D eigenvalue weighted by atomic mass is 35.5. The SMILES string of the molecule is O=C(O)/C(=C\c1ccc(Cl)cc1Cl)c1ccccc1O. The van der Waals surface area contributed by atoms with Crippen molar-refractivity contribution in [3.63, 3.8) is 0 Å². The van der Waals surface area contributed by atoms with Crippen molar-refractivity contribution >= 4 is 40.8 Å². The van der Waals surface area contributed by atoms with E-state index in [0.29, 0.717) is 15.6 Å². The predicted octanol–water partition coefficient (Wildman–Crippen LogP) is 4.32. The number of hydrogen-bond donors (Lipinski definition) is 2. The molecule has 0 fully saturated rings. The number of halogens is 2. The van der Waals surface area contributed by atoms with Crippen LogP contribution in [0.2, 0.25) is 10.0 Å². The maximum atomic E-state index is 11.4. The second kappa shape index (κ2) is 5.99. The Morgan fingerprint density at radius 1 is 1.10 bits per heavy atom. The summed E-state index contributed by atoms with van der Waals surface area (Å²) in [6.07, 6.45) is 1.40. The van der Waals surface area contributed by atoms with Crippen molar-refractivity contribution in [2.45, 2.75) is 0 Å². The molecule has 3 nitrogen and oxygen atoms in total. The molecule has 0 aliphatic heterocycles. The fraction of sp³-hybridized carbons (Fsp3) is 0. The average molecular weight is 309 g/mol. The number of carboxylic acids is 1. The summed E-state index contributed by atoms with van der Waals surface area (Å²) in [5.41, 5.74) is 0.690. The number of phenolic OH excluding ortho intramolecular Hbond substituents is 1. The molecule has 0 saturated heterocycles. The Morgan fingerprint density at radius 3 is 2.40 bits per heavy atom. The molecule has 2 aromatic carbocycles. The van der Waals surface area contributed by atoms with E-state index in [9.17, 15) is 15.0 Å². The summed E-state index contributed by atoms with van der Waals surface area (Å²) in [5.74, 6) is -1.26. The number of hydrogen-bond acceptors (Lipinski definition) is 2. The molecule has 0 aromatic heterocycles. The minimum atomic E-state index is -1.16. The zero-order valence-electron chi connectivity index (χ0n) is 10.2. The fourth-order valence-electron chi connectivity index (χ4n) is 1.73. The van der Waals surface area contributed by atoms with E-state index in [2.05, 4.69) is 0 Å². The van der Waals surface area contributed by atoms with Gasteiger partial charge in [-0.25, -0.2) is 4.79 Å². The topological polar surface area (TPSA) is 57.5 Å². The molecule has 0 radical (unpaired) electrons. The molecule has 5 heteroatoms. The monoisotopic (exact) mass is 308 g/mol. The number of phenols is 1. The summed E-state index contributed by atoms with van der Waals surface area (Å²) < 4.78 is 0. The molecular formula is C15H10Cl2O3. The molecule has 0 bridgehead atoms. The summed E-state index contributed by atoms with van der Waals surface area (Å²) in [6.45, 7) is 0. The highest BCUT2D eigenvalue weighted by Gasteiger charge is 2.14. The van der Waals surface area contributed by atoms with E-state index < -0.39 is 5.97 Å². The first-order valence-corrected chi connectivity index (χ1v) is 6.43. The van der Waals surface area contributed by atoms with Gasteiger partial charge in [-0.2, -0.15) is 0 Å². The van der Waals surface area contributed by atoms with Crippen LogP contribution in [0.5, 0.6) is 5.75 Å². The van der Waals surface area contributed by atoms with Crippen molar-refractivity contribution in [2.75, 3.05) is 0 Å². The lowest BCUT2D eigenvalue weighted by Crippen LogP contribution is -2.00. The summed E-state index contributed by atoms with van der Waals surface area (Å²) in [7, 11) is 0. The van der Waals surface area contributed by atoms with Crippen molar-refractivity contribution in [1.82, 2.24) is 0 Å². The zero-order valence-corrected chi connectivity index (χ0v) is 11.7. The molecule has 0 aliphatic rings. The number of para-hydroxylation sites is 1. The van der Waals surface area contributed by atoms with Gasteiger partial charge < -0.3 is 10.2 Å². The van der Waals surface area contributed by atoms with Gasteiger partial charge in [-0.1, -0.05) is 47.5 Å². The fourth-order valence-corrected chi connectivity index (χ4v) is 2.19. The van der Waals surface area contributed by atoms with Gasteiger partial charge >= 0.3 is 5.97 Å². The molecule has 0 heterocycles. The van der Waals surface area contributed by atoms with Crippen LogP contribution in [0.15, 0.2) is 42.5 Å². The quantitative estimate of drug-likeness (QED) is 0.655. The Morgan fingerprint density at radius 2 is 1.80 bits per heavy atom. The van der Waals surface area contributed by atoms with Gasteiger partial charge in [-0.3, -0.25) is 0 Å². The second-order valence-electron chi connectivity index (χ2n) is 4.05. The van der Waals surface area contributed by atoms with Crippen molar-refractivity contribution in [2.24, 2.45) is 0 Å². The molecule has 0 aliphatic carbocycles. The Balaban J connectivity index is 2.57. The summed E-state index contributed by atoms with van der Waals surface area (Å²) >= 11 is 11.8. The van der Waals surface area contributed by atoms with Gasteiger partial charge in [0.2, 0.25) is 0 Å². The van der Waals surface area contributed by atoms with Crippen LogP contribution in [-0.2, 0) is 4.79 Å². The van der Waals surface area contributed by atoms with E-state index in [1.165, 1.54) is 24.3 Å². The van der Waals surface area contributed by atoms with E-state index in [1.54, 1.807) is 24.3 Å². The van der Waals surface area contributed by atoms with Gasteiger partial charge in [0.15, 0.2) is 0 Å². The normalized spacial score (nSPS) is 11.4. The molecule has 0 spiro atoms. The maximum Gasteiger partial charge on any atom is 0.336 e. The second-order valence-corrected chi connectivity index (χ2v) is 4.89. The Labute approximate surface area is 125 Å². The number of benzene rings is 2. The first-order valence-electron chi connectivity index (χ1n) is 5.67. The minimum Gasteiger partial charge on any atom is -0.507 e. The molecular weight excluding hydrogens is 299 g/mol. The molecule has 20 heavy (non-hydrogen) atoms. The Hall–Kier alpha value is -1.97. The minimum absolute atomic E-state index is 0.0488. The predicted molar refractivity (Wildman–Crippen MR) is 80.1 cm³/mol. The van der Waals surface area contributed by atoms with Crippen molar-refractivity contribution in [3.8, 4) is 5.75 Å². The molecule has 2 rings (SSSR count). The van der Waals surface area contributed by atoms with Crippen LogP contribution in [0.1, 0.15) is 11.1 Å². The van der Waals surface area contributed by atoms with Gasteiger partial charge in [-0.05, 0) is 29.8 Å². The van der Waals surface area contributed by atoms with Crippen molar-refractivity contribution < 1.29 is 15.0 Å². The third kappa shape index (κ3) is 3.13. The van der Waals surface area contributed by atoms with E-state index >= 15 is 0 Å². The third-order valence-electron chi connectivity index (χ3n) is 2.69. The Kier molecular flexibility index (Phi) is 4.32.